The Kier molecular flexibility index (Phi) is 28.7. The molecule has 9 aliphatic heterocycles. The largest absolute Gasteiger partial charge is 0.462 e. The predicted octanol–water partition coefficient (Wildman–Crippen LogP) is 12.9. The van der Waals surface area contributed by atoms with Crippen molar-refractivity contribution in [1.29, 1.82) is 0 Å². The third-order valence-electron chi connectivity index (χ3n) is 27.3. The van der Waals surface area contributed by atoms with Gasteiger partial charge in [0, 0.05) is 160 Å². The van der Waals surface area contributed by atoms with Crippen LogP contribution in [0.3, 0.4) is 0 Å². The number of rotatable bonds is 23. The summed E-state index contributed by atoms with van der Waals surface area (Å²) in [6.07, 6.45) is 10.4. The number of ether oxygens (including phenoxy) is 4. The fraction of sp³-hybridized carbons (Fsp3) is 0.465. The van der Waals surface area contributed by atoms with Gasteiger partial charge >= 0.3 is 24.2 Å². The van der Waals surface area contributed by atoms with E-state index in [1.165, 1.54) is 82.0 Å². The Balaban J connectivity index is 0.000000142. The van der Waals surface area contributed by atoms with Gasteiger partial charge < -0.3 is 87.4 Å². The number of anilines is 6. The first-order chi connectivity index (χ1) is 62.8. The van der Waals surface area contributed by atoms with E-state index in [4.69, 9.17) is 62.0 Å². The molecule has 6 fully saturated rings. The highest BCUT2D eigenvalue weighted by Gasteiger charge is 2.41. The minimum absolute atomic E-state index is 0.0158. The monoisotopic (exact) mass is 1750 g/mol. The van der Waals surface area contributed by atoms with Crippen molar-refractivity contribution in [1.82, 2.24) is 59.3 Å². The number of aromatic nitrogens is 6. The number of methoxy groups -OCH3 is 1. The summed E-state index contributed by atoms with van der Waals surface area (Å²) >= 11 is 0. The lowest BCUT2D eigenvalue weighted by molar-refractivity contribution is -0.136. The Labute approximate surface area is 754 Å². The lowest BCUT2D eigenvalue weighted by atomic mass is 9.98. The van der Waals surface area contributed by atoms with Crippen molar-refractivity contribution in [3.05, 3.63) is 221 Å². The van der Waals surface area contributed by atoms with E-state index in [2.05, 4.69) is 175 Å². The highest BCUT2D eigenvalue weighted by atomic mass is 19.4. The number of likely N-dealkylation sites (N-methyl/N-ethyl adjacent to an activating group) is 3. The number of benzene rings is 6. The summed E-state index contributed by atoms with van der Waals surface area (Å²) in [4.78, 5) is 101. The Bertz CT molecular complexity index is 5640. The summed E-state index contributed by atoms with van der Waals surface area (Å²) in [6.45, 7) is 40.6. The van der Waals surface area contributed by atoms with Gasteiger partial charge in [0.15, 0.2) is 0 Å². The van der Waals surface area contributed by atoms with Crippen LogP contribution in [0.15, 0.2) is 159 Å². The highest BCUT2D eigenvalue weighted by molar-refractivity contribution is 5.98. The normalized spacial score (nSPS) is 20.9. The van der Waals surface area contributed by atoms with Crippen LogP contribution in [0.25, 0.3) is 42.0 Å². The number of piperazine rings is 3. The van der Waals surface area contributed by atoms with Gasteiger partial charge in [0.05, 0.1) is 48.3 Å². The number of halogens is 3. The van der Waals surface area contributed by atoms with Crippen LogP contribution in [0.2, 0.25) is 0 Å². The van der Waals surface area contributed by atoms with E-state index in [9.17, 15) is 27.6 Å². The van der Waals surface area contributed by atoms with Crippen LogP contribution in [0.4, 0.5) is 47.7 Å². The zero-order valence-electron chi connectivity index (χ0n) is 74.5. The van der Waals surface area contributed by atoms with Gasteiger partial charge in [-0.15, -0.1) is 0 Å². The zero-order chi connectivity index (χ0) is 89.8. The molecule has 6 aromatic carbocycles. The fourth-order valence-electron chi connectivity index (χ4n) is 20.2. The van der Waals surface area contributed by atoms with Crippen molar-refractivity contribution < 1.29 is 46.5 Å². The average Bonchev–Trinajstić information content (AvgIpc) is 0.854. The summed E-state index contributed by atoms with van der Waals surface area (Å²) in [7, 11) is 8.09. The van der Waals surface area contributed by atoms with E-state index >= 15 is 0 Å². The number of fused-ring (bicyclic) bond motifs is 6. The number of carbonyl (C=O) groups is 3. The molecule has 676 valence electrons. The fourth-order valence-corrected chi connectivity index (χ4v) is 20.2. The number of amides is 3. The van der Waals surface area contributed by atoms with Gasteiger partial charge in [-0.25, -0.2) is 13.1 Å². The third kappa shape index (κ3) is 20.3. The van der Waals surface area contributed by atoms with Gasteiger partial charge in [-0.1, -0.05) is 123 Å². The molecule has 0 saturated carbocycles. The van der Waals surface area contributed by atoms with E-state index in [1.807, 2.05) is 9.80 Å². The van der Waals surface area contributed by atoms with Gasteiger partial charge in [-0.3, -0.25) is 14.4 Å². The van der Waals surface area contributed by atoms with Crippen LogP contribution < -0.4 is 43.6 Å². The van der Waals surface area contributed by atoms with Crippen molar-refractivity contribution in [3.63, 3.8) is 0 Å². The molecule has 3 aromatic heterocycles. The molecular weight excluding hydrogens is 1640 g/mol. The molecule has 0 bridgehead atoms. The average molecular weight is 1760 g/mol. The summed E-state index contributed by atoms with van der Waals surface area (Å²) < 4.78 is 66.7. The van der Waals surface area contributed by atoms with Crippen molar-refractivity contribution in [3.8, 4) is 18.0 Å². The van der Waals surface area contributed by atoms with Crippen molar-refractivity contribution in [2.24, 2.45) is 0 Å². The molecule has 0 unspecified atom stereocenters. The van der Waals surface area contributed by atoms with Crippen LogP contribution in [-0.2, 0) is 64.2 Å². The van der Waals surface area contributed by atoms with Crippen molar-refractivity contribution >= 4 is 84.6 Å². The quantitative estimate of drug-likeness (QED) is 0.0430. The van der Waals surface area contributed by atoms with E-state index < -0.39 is 11.7 Å². The Morgan fingerprint density at radius 3 is 1.19 bits per heavy atom. The maximum Gasteiger partial charge on any atom is 0.417 e. The second kappa shape index (κ2) is 41.0. The molecule has 6 saturated heterocycles. The van der Waals surface area contributed by atoms with Crippen LogP contribution in [0, 0.1) is 13.1 Å². The van der Waals surface area contributed by atoms with E-state index in [-0.39, 0.29) is 72.9 Å². The number of hydrogen-bond acceptors (Lipinski definition) is 22. The molecule has 0 radical (unpaired) electrons. The number of nitrogens with zero attached hydrogens (tertiary/aromatic N) is 20. The predicted molar refractivity (Wildman–Crippen MR) is 498 cm³/mol. The standard InChI is InChI=1S/C33H36F3N7O2.C33H39N7O2.C33H42N6O3/c1-4-29(44)43-17-16-42(19-24(43)18-37-2)31-25-13-15-41(20-27(25)38-32(39-31)45-21-23-10-7-14-40(23)3)28-12-6-9-22-8-5-11-26(30(22)28)33(34,35)36;1-4-31(41)40-19-18-39(21-26(40)20-34-2)32-28-15-17-38(30-14-9-11-24-10-5-6-13-27(24)30)22-29(28)35-33(36-32)42-23-25-12-7-8-16-37(25)3;1-4-31(40)39-19-18-38(21-25(39)15-20-41-3)32-28-14-17-37(30-13-7-10-24-9-5-6-12-27(24)30)22-29(28)34-33(35-32)42-23-26-11-8-16-36(26)2/h4-6,8-9,11-12,23-24H,1,7,10,13-21H2,3H3;4-6,9-11,13-14,25-26H,1,7-8,12,15-23H2,3H3;4-7,9-10,12-13,25-26H,1,8,11,14-23H2,2-3H3/t23-,24-;25-,26+;25-,26-/m010/s1. The molecular formula is C99H117F3N20O7. The SMILES string of the molecule is C=CC(=O)N1CCN(c2nc(OC[C@@H]3CCCN3C)nc3c2CCN(c2cccc4ccccc24)C3)C[C@@H]1CCOC.[C-]#[N+]C[C@H]1CN(c2nc(OC[C@@H]3CCCN3C)nc3c2CCN(c2cccc4cccc(C(F)(F)F)c24)C3)CCN1C(=O)C=C.[C-]#[N+]C[C@H]1CN(c2nc(OC[C@H]3CCCCN3C)nc3c2CCN(c2cccc4ccccc24)C3)CCN1C(=O)C=C. The van der Waals surface area contributed by atoms with Gasteiger partial charge in [-0.05, 0) is 164 Å². The molecule has 129 heavy (non-hydrogen) atoms. The van der Waals surface area contributed by atoms with Crippen LogP contribution in [0.1, 0.15) is 90.7 Å². The maximum atomic E-state index is 14.1. The second-order valence-electron chi connectivity index (χ2n) is 35.0. The van der Waals surface area contributed by atoms with Crippen molar-refractivity contribution in [2.75, 3.05) is 195 Å². The molecule has 9 aliphatic rings. The molecule has 30 heteroatoms. The lowest BCUT2D eigenvalue weighted by Crippen LogP contribution is -2.56. The second-order valence-corrected chi connectivity index (χ2v) is 35.0. The highest BCUT2D eigenvalue weighted by Crippen LogP contribution is 2.44. The molecule has 0 N–H and O–H groups in total. The van der Waals surface area contributed by atoms with Gasteiger partial charge in [0.25, 0.3) is 0 Å². The first-order valence-electron chi connectivity index (χ1n) is 45.5. The maximum absolute atomic E-state index is 14.1. The molecule has 27 nitrogen and oxygen atoms in total. The van der Waals surface area contributed by atoms with Gasteiger partial charge in [-0.2, -0.15) is 43.1 Å². The zero-order valence-corrected chi connectivity index (χ0v) is 74.5. The Hall–Kier alpha value is -12.2. The molecule has 18 rings (SSSR count). The van der Waals surface area contributed by atoms with Gasteiger partial charge in [0.1, 0.15) is 49.4 Å². The minimum atomic E-state index is -4.50. The number of likely N-dealkylation sites (tertiary alicyclic amines) is 3. The van der Waals surface area contributed by atoms with E-state index in [0.717, 1.165) is 118 Å². The summed E-state index contributed by atoms with van der Waals surface area (Å²) in [6, 6.07) is 41.1. The van der Waals surface area contributed by atoms with Crippen molar-refractivity contribution in [2.45, 2.75) is 133 Å². The van der Waals surface area contributed by atoms with Gasteiger partial charge in [0.2, 0.25) is 30.8 Å². The van der Waals surface area contributed by atoms with Crippen LogP contribution in [-0.4, -0.2) is 279 Å². The smallest absolute Gasteiger partial charge is 0.417 e. The lowest BCUT2D eigenvalue weighted by Gasteiger charge is -2.43. The molecule has 0 spiro atoms. The topological polar surface area (TPSA) is 213 Å². The number of piperidine rings is 1. The summed E-state index contributed by atoms with van der Waals surface area (Å²) in [5.41, 5.74) is 8.23. The Morgan fingerprint density at radius 2 is 0.791 bits per heavy atom. The van der Waals surface area contributed by atoms with Crippen LogP contribution in [0.5, 0.6) is 18.0 Å². The summed E-state index contributed by atoms with van der Waals surface area (Å²) in [5.74, 6) is 2.16. The molecule has 6 atom stereocenters. The minimum Gasteiger partial charge on any atom is -0.462 e. The summed E-state index contributed by atoms with van der Waals surface area (Å²) in [5, 5.41) is 5.66. The number of carbonyl (C=O) groups excluding carboxylic acids is 3. The van der Waals surface area contributed by atoms with Crippen LogP contribution >= 0.6 is 0 Å². The van der Waals surface area contributed by atoms with E-state index in [0.29, 0.717) is 158 Å². The molecule has 3 amide bonds. The number of hydrogen-bond donors (Lipinski definition) is 0. The molecule has 9 aromatic rings. The number of alkyl halides is 3. The Morgan fingerprint density at radius 1 is 0.426 bits per heavy atom. The molecule has 12 heterocycles. The first kappa shape index (κ1) is 90.1. The van der Waals surface area contributed by atoms with E-state index in [1.54, 1.807) is 41.2 Å². The first-order valence-corrected chi connectivity index (χ1v) is 45.5. The third-order valence-corrected chi connectivity index (χ3v) is 27.3. The molecule has 0 aliphatic carbocycles.